The SMILES string of the molecule is O=C(OCc1ccccc1)N1CC2(CCC(O)CC2)C1. The number of likely N-dealkylation sites (tertiary alicyclic amines) is 1. The molecule has 1 saturated carbocycles. The zero-order valence-electron chi connectivity index (χ0n) is 11.6. The normalized spacial score (nSPS) is 21.6. The Hall–Kier alpha value is -1.55. The van der Waals surface area contributed by atoms with Crippen molar-refractivity contribution in [3.8, 4) is 0 Å². The number of carbonyl (C=O) groups is 1. The summed E-state index contributed by atoms with van der Waals surface area (Å²) in [6, 6.07) is 9.73. The van der Waals surface area contributed by atoms with E-state index in [0.29, 0.717) is 6.61 Å². The van der Waals surface area contributed by atoms with E-state index in [0.717, 1.165) is 44.3 Å². The first-order valence-corrected chi connectivity index (χ1v) is 7.31. The van der Waals surface area contributed by atoms with Crippen molar-refractivity contribution in [1.82, 2.24) is 4.90 Å². The molecule has 2 aliphatic rings. The molecule has 0 atom stereocenters. The smallest absolute Gasteiger partial charge is 0.410 e. The van der Waals surface area contributed by atoms with Crippen LogP contribution >= 0.6 is 0 Å². The number of rotatable bonds is 2. The van der Waals surface area contributed by atoms with E-state index >= 15 is 0 Å². The number of carbonyl (C=O) groups excluding carboxylic acids is 1. The molecule has 1 saturated heterocycles. The van der Waals surface area contributed by atoms with Gasteiger partial charge in [0.2, 0.25) is 0 Å². The Morgan fingerprint density at radius 1 is 1.25 bits per heavy atom. The zero-order valence-corrected chi connectivity index (χ0v) is 11.6. The molecule has 3 rings (SSSR count). The Labute approximate surface area is 119 Å². The van der Waals surface area contributed by atoms with Crippen molar-refractivity contribution in [2.45, 2.75) is 38.4 Å². The van der Waals surface area contributed by atoms with Crippen LogP contribution in [-0.4, -0.2) is 35.3 Å². The van der Waals surface area contributed by atoms with Crippen molar-refractivity contribution in [3.05, 3.63) is 35.9 Å². The minimum atomic E-state index is -0.217. The minimum absolute atomic E-state index is 0.139. The van der Waals surface area contributed by atoms with E-state index in [-0.39, 0.29) is 17.6 Å². The third-order valence-corrected chi connectivity index (χ3v) is 4.53. The van der Waals surface area contributed by atoms with Gasteiger partial charge >= 0.3 is 6.09 Å². The molecule has 0 aromatic heterocycles. The first-order chi connectivity index (χ1) is 9.67. The standard InChI is InChI=1S/C16H21NO3/c18-14-6-8-16(9-7-14)11-17(12-16)15(19)20-10-13-4-2-1-3-5-13/h1-5,14,18H,6-12H2. The topological polar surface area (TPSA) is 49.8 Å². The van der Waals surface area contributed by atoms with Crippen molar-refractivity contribution in [2.75, 3.05) is 13.1 Å². The Bertz CT molecular complexity index is 458. The molecule has 20 heavy (non-hydrogen) atoms. The van der Waals surface area contributed by atoms with Gasteiger partial charge in [-0.25, -0.2) is 4.79 Å². The molecule has 0 unspecified atom stereocenters. The van der Waals surface area contributed by atoms with Gasteiger partial charge in [0.25, 0.3) is 0 Å². The number of hydrogen-bond donors (Lipinski definition) is 1. The third-order valence-electron chi connectivity index (χ3n) is 4.53. The largest absolute Gasteiger partial charge is 0.445 e. The lowest BCUT2D eigenvalue weighted by molar-refractivity contribution is -0.0492. The van der Waals surface area contributed by atoms with Gasteiger partial charge < -0.3 is 14.7 Å². The molecule has 1 aliphatic heterocycles. The lowest BCUT2D eigenvalue weighted by Crippen LogP contribution is -2.59. The quantitative estimate of drug-likeness (QED) is 0.902. The second kappa shape index (κ2) is 5.44. The van der Waals surface area contributed by atoms with Crippen LogP contribution in [0.3, 0.4) is 0 Å². The van der Waals surface area contributed by atoms with Gasteiger partial charge in [-0.1, -0.05) is 30.3 Å². The summed E-state index contributed by atoms with van der Waals surface area (Å²) in [5.74, 6) is 0. The first kappa shape index (κ1) is 13.4. The maximum Gasteiger partial charge on any atom is 0.410 e. The predicted molar refractivity (Wildman–Crippen MR) is 75.1 cm³/mol. The average Bonchev–Trinajstić information content (AvgIpc) is 2.45. The van der Waals surface area contributed by atoms with E-state index in [1.165, 1.54) is 0 Å². The van der Waals surface area contributed by atoms with Crippen LogP contribution in [0.1, 0.15) is 31.2 Å². The van der Waals surface area contributed by atoms with Gasteiger partial charge in [-0.15, -0.1) is 0 Å². The van der Waals surface area contributed by atoms with Crippen LogP contribution in [0, 0.1) is 5.41 Å². The van der Waals surface area contributed by atoms with Gasteiger partial charge in [0.15, 0.2) is 0 Å². The molecule has 4 nitrogen and oxygen atoms in total. The van der Waals surface area contributed by atoms with Gasteiger partial charge in [-0.05, 0) is 31.2 Å². The van der Waals surface area contributed by atoms with Crippen LogP contribution < -0.4 is 0 Å². The second-order valence-electron chi connectivity index (χ2n) is 6.13. The summed E-state index contributed by atoms with van der Waals surface area (Å²) < 4.78 is 5.32. The first-order valence-electron chi connectivity index (χ1n) is 7.31. The van der Waals surface area contributed by atoms with E-state index in [9.17, 15) is 9.90 Å². The zero-order chi connectivity index (χ0) is 14.0. The van der Waals surface area contributed by atoms with Crippen LogP contribution in [0.2, 0.25) is 0 Å². The van der Waals surface area contributed by atoms with Gasteiger partial charge in [-0.3, -0.25) is 0 Å². The molecule has 1 heterocycles. The van der Waals surface area contributed by atoms with Gasteiger partial charge in [0, 0.05) is 18.5 Å². The fourth-order valence-corrected chi connectivity index (χ4v) is 3.23. The molecular weight excluding hydrogens is 254 g/mol. The highest BCUT2D eigenvalue weighted by atomic mass is 16.6. The highest BCUT2D eigenvalue weighted by Crippen LogP contribution is 2.44. The number of amides is 1. The maximum atomic E-state index is 11.9. The number of aliphatic hydroxyl groups excluding tert-OH is 1. The molecule has 1 aliphatic carbocycles. The van der Waals surface area contributed by atoms with Gasteiger partial charge in [-0.2, -0.15) is 0 Å². The molecule has 108 valence electrons. The molecule has 1 amide bonds. The van der Waals surface area contributed by atoms with Crippen molar-refractivity contribution in [1.29, 1.82) is 0 Å². The Morgan fingerprint density at radius 2 is 1.90 bits per heavy atom. The van der Waals surface area contributed by atoms with E-state index in [1.54, 1.807) is 4.90 Å². The Kier molecular flexibility index (Phi) is 3.66. The van der Waals surface area contributed by atoms with Crippen molar-refractivity contribution < 1.29 is 14.6 Å². The fraction of sp³-hybridized carbons (Fsp3) is 0.562. The number of ether oxygens (including phenoxy) is 1. The van der Waals surface area contributed by atoms with Crippen LogP contribution in [0.25, 0.3) is 0 Å². The van der Waals surface area contributed by atoms with E-state index < -0.39 is 0 Å². The summed E-state index contributed by atoms with van der Waals surface area (Å²) in [5, 5.41) is 9.54. The number of aliphatic hydroxyl groups is 1. The highest BCUT2D eigenvalue weighted by Gasteiger charge is 2.47. The third kappa shape index (κ3) is 2.80. The van der Waals surface area contributed by atoms with Crippen molar-refractivity contribution in [2.24, 2.45) is 5.41 Å². The molecule has 1 aromatic carbocycles. The molecule has 1 N–H and O–H groups in total. The van der Waals surface area contributed by atoms with Crippen LogP contribution in [0.5, 0.6) is 0 Å². The molecule has 2 fully saturated rings. The Morgan fingerprint density at radius 3 is 2.55 bits per heavy atom. The van der Waals surface area contributed by atoms with Gasteiger partial charge in [0.1, 0.15) is 6.61 Å². The van der Waals surface area contributed by atoms with Crippen LogP contribution in [0.4, 0.5) is 4.79 Å². The van der Waals surface area contributed by atoms with Crippen molar-refractivity contribution >= 4 is 6.09 Å². The highest BCUT2D eigenvalue weighted by molar-refractivity contribution is 5.69. The molecule has 0 bridgehead atoms. The minimum Gasteiger partial charge on any atom is -0.445 e. The van der Waals surface area contributed by atoms with Gasteiger partial charge in [0.05, 0.1) is 6.10 Å². The van der Waals surface area contributed by atoms with E-state index in [4.69, 9.17) is 4.74 Å². The maximum absolute atomic E-state index is 11.9. The number of hydrogen-bond acceptors (Lipinski definition) is 3. The molecular formula is C16H21NO3. The Balaban J connectivity index is 1.44. The molecule has 0 radical (unpaired) electrons. The summed E-state index contributed by atoms with van der Waals surface area (Å²) in [4.78, 5) is 13.7. The lowest BCUT2D eigenvalue weighted by Gasteiger charge is -2.52. The lowest BCUT2D eigenvalue weighted by atomic mass is 9.68. The predicted octanol–water partition coefficient (Wildman–Crippen LogP) is 2.56. The molecule has 4 heteroatoms. The monoisotopic (exact) mass is 275 g/mol. The number of nitrogens with zero attached hydrogens (tertiary/aromatic N) is 1. The average molecular weight is 275 g/mol. The summed E-state index contributed by atoms with van der Waals surface area (Å²) in [6.45, 7) is 1.91. The summed E-state index contributed by atoms with van der Waals surface area (Å²) in [7, 11) is 0. The van der Waals surface area contributed by atoms with Crippen LogP contribution in [-0.2, 0) is 11.3 Å². The van der Waals surface area contributed by atoms with E-state index in [1.807, 2.05) is 30.3 Å². The second-order valence-corrected chi connectivity index (χ2v) is 6.13. The summed E-state index contributed by atoms with van der Waals surface area (Å²) in [5.41, 5.74) is 1.27. The number of benzene rings is 1. The fourth-order valence-electron chi connectivity index (χ4n) is 3.23. The summed E-state index contributed by atoms with van der Waals surface area (Å²) in [6.07, 6.45) is 3.43. The van der Waals surface area contributed by atoms with Crippen LogP contribution in [0.15, 0.2) is 30.3 Å². The molecule has 1 spiro atoms. The molecule has 1 aromatic rings. The van der Waals surface area contributed by atoms with E-state index in [2.05, 4.69) is 0 Å². The summed E-state index contributed by atoms with van der Waals surface area (Å²) >= 11 is 0. The van der Waals surface area contributed by atoms with Crippen molar-refractivity contribution in [3.63, 3.8) is 0 Å².